The first-order chi connectivity index (χ1) is 6.36. The number of nitrogens with zero attached hydrogens (tertiary/aromatic N) is 2. The maximum Gasteiger partial charge on any atom is 0.0726 e. The standard InChI is InChI=1S/C9H17N3O/c1-2-3-4-10-9-7-11-12(8-9)5-6-13/h7-8,10,13H,2-6H2,1H3. The molecule has 0 unspecified atom stereocenters. The zero-order valence-corrected chi connectivity index (χ0v) is 8.03. The van der Waals surface area contributed by atoms with Gasteiger partial charge in [-0.3, -0.25) is 4.68 Å². The molecular formula is C9H17N3O. The van der Waals surface area contributed by atoms with E-state index in [4.69, 9.17) is 5.11 Å². The minimum absolute atomic E-state index is 0.135. The second-order valence-corrected chi connectivity index (χ2v) is 3.00. The lowest BCUT2D eigenvalue weighted by Crippen LogP contribution is -2.02. The van der Waals surface area contributed by atoms with E-state index < -0.39 is 0 Å². The predicted octanol–water partition coefficient (Wildman–Crippen LogP) is 1.09. The fourth-order valence-corrected chi connectivity index (χ4v) is 1.09. The molecule has 1 aromatic rings. The van der Waals surface area contributed by atoms with Gasteiger partial charge in [0.1, 0.15) is 0 Å². The highest BCUT2D eigenvalue weighted by Crippen LogP contribution is 2.04. The number of hydrogen-bond acceptors (Lipinski definition) is 3. The number of aliphatic hydroxyl groups is 1. The molecule has 0 fully saturated rings. The Kier molecular flexibility index (Phi) is 4.32. The number of anilines is 1. The van der Waals surface area contributed by atoms with Gasteiger partial charge < -0.3 is 10.4 Å². The average molecular weight is 183 g/mol. The quantitative estimate of drug-likeness (QED) is 0.649. The number of aliphatic hydroxyl groups excluding tert-OH is 1. The highest BCUT2D eigenvalue weighted by atomic mass is 16.3. The van der Waals surface area contributed by atoms with Crippen LogP contribution in [0.15, 0.2) is 12.4 Å². The number of rotatable bonds is 6. The summed E-state index contributed by atoms with van der Waals surface area (Å²) in [5.41, 5.74) is 1.03. The molecule has 0 aliphatic heterocycles. The Morgan fingerprint density at radius 3 is 3.15 bits per heavy atom. The molecule has 1 rings (SSSR count). The second kappa shape index (κ2) is 5.59. The van der Waals surface area contributed by atoms with Gasteiger partial charge in [-0.25, -0.2) is 0 Å². The van der Waals surface area contributed by atoms with Crippen LogP contribution in [0.3, 0.4) is 0 Å². The molecule has 2 N–H and O–H groups in total. The smallest absolute Gasteiger partial charge is 0.0726 e. The average Bonchev–Trinajstić information content (AvgIpc) is 2.54. The van der Waals surface area contributed by atoms with Gasteiger partial charge in [0.15, 0.2) is 0 Å². The van der Waals surface area contributed by atoms with E-state index in [0.29, 0.717) is 6.54 Å². The summed E-state index contributed by atoms with van der Waals surface area (Å²) in [6, 6.07) is 0. The lowest BCUT2D eigenvalue weighted by atomic mass is 10.3. The van der Waals surface area contributed by atoms with E-state index >= 15 is 0 Å². The summed E-state index contributed by atoms with van der Waals surface area (Å²) in [7, 11) is 0. The van der Waals surface area contributed by atoms with Crippen molar-refractivity contribution in [3.63, 3.8) is 0 Å². The van der Waals surface area contributed by atoms with E-state index in [0.717, 1.165) is 12.2 Å². The van der Waals surface area contributed by atoms with Crippen molar-refractivity contribution in [3.8, 4) is 0 Å². The van der Waals surface area contributed by atoms with Crippen LogP contribution in [0, 0.1) is 0 Å². The zero-order valence-electron chi connectivity index (χ0n) is 8.03. The number of nitrogens with one attached hydrogen (secondary N) is 1. The number of aromatic nitrogens is 2. The van der Waals surface area contributed by atoms with Crippen LogP contribution in [0.5, 0.6) is 0 Å². The van der Waals surface area contributed by atoms with Crippen LogP contribution in [0.2, 0.25) is 0 Å². The Morgan fingerprint density at radius 1 is 1.62 bits per heavy atom. The number of unbranched alkanes of at least 4 members (excludes halogenated alkanes) is 1. The van der Waals surface area contributed by atoms with Gasteiger partial charge in [-0.2, -0.15) is 5.10 Å². The van der Waals surface area contributed by atoms with Gasteiger partial charge in [0.2, 0.25) is 0 Å². The van der Waals surface area contributed by atoms with Gasteiger partial charge in [0.25, 0.3) is 0 Å². The van der Waals surface area contributed by atoms with Crippen molar-refractivity contribution in [3.05, 3.63) is 12.4 Å². The van der Waals surface area contributed by atoms with Gasteiger partial charge in [-0.15, -0.1) is 0 Å². The molecule has 0 spiro atoms. The van der Waals surface area contributed by atoms with E-state index in [1.54, 1.807) is 10.9 Å². The summed E-state index contributed by atoms with van der Waals surface area (Å²) in [5.74, 6) is 0. The van der Waals surface area contributed by atoms with Gasteiger partial charge in [-0.1, -0.05) is 13.3 Å². The zero-order chi connectivity index (χ0) is 9.52. The van der Waals surface area contributed by atoms with E-state index in [9.17, 15) is 0 Å². The Morgan fingerprint density at radius 2 is 2.46 bits per heavy atom. The summed E-state index contributed by atoms with van der Waals surface area (Å²) in [6.45, 7) is 3.85. The molecule has 1 aromatic heterocycles. The molecule has 0 atom stereocenters. The van der Waals surface area contributed by atoms with Crippen molar-refractivity contribution >= 4 is 5.69 Å². The molecule has 4 heteroatoms. The summed E-state index contributed by atoms with van der Waals surface area (Å²) >= 11 is 0. The van der Waals surface area contributed by atoms with Gasteiger partial charge in [-0.05, 0) is 6.42 Å². The van der Waals surface area contributed by atoms with Crippen LogP contribution in [-0.4, -0.2) is 28.0 Å². The fourth-order valence-electron chi connectivity index (χ4n) is 1.09. The second-order valence-electron chi connectivity index (χ2n) is 3.00. The molecule has 13 heavy (non-hydrogen) atoms. The van der Waals surface area contributed by atoms with Gasteiger partial charge in [0, 0.05) is 12.7 Å². The van der Waals surface area contributed by atoms with Crippen LogP contribution in [0.1, 0.15) is 19.8 Å². The molecule has 0 aliphatic carbocycles. The largest absolute Gasteiger partial charge is 0.394 e. The van der Waals surface area contributed by atoms with Crippen molar-refractivity contribution < 1.29 is 5.11 Å². The molecule has 0 saturated heterocycles. The topological polar surface area (TPSA) is 50.1 Å². The monoisotopic (exact) mass is 183 g/mol. The Balaban J connectivity index is 2.31. The first-order valence-corrected chi connectivity index (χ1v) is 4.74. The van der Waals surface area contributed by atoms with Crippen molar-refractivity contribution in [1.82, 2.24) is 9.78 Å². The Labute approximate surface area is 78.6 Å². The van der Waals surface area contributed by atoms with Crippen molar-refractivity contribution in [1.29, 1.82) is 0 Å². The molecule has 74 valence electrons. The summed E-state index contributed by atoms with van der Waals surface area (Å²) in [4.78, 5) is 0. The van der Waals surface area contributed by atoms with E-state index in [1.165, 1.54) is 12.8 Å². The first-order valence-electron chi connectivity index (χ1n) is 4.74. The predicted molar refractivity (Wildman–Crippen MR) is 52.7 cm³/mol. The molecule has 4 nitrogen and oxygen atoms in total. The van der Waals surface area contributed by atoms with Crippen molar-refractivity contribution in [2.24, 2.45) is 0 Å². The third-order valence-corrected chi connectivity index (χ3v) is 1.82. The Hall–Kier alpha value is -1.03. The SMILES string of the molecule is CCCCNc1cnn(CCO)c1. The van der Waals surface area contributed by atoms with Crippen molar-refractivity contribution in [2.75, 3.05) is 18.5 Å². The highest BCUT2D eigenvalue weighted by Gasteiger charge is 1.95. The minimum Gasteiger partial charge on any atom is -0.394 e. The minimum atomic E-state index is 0.135. The van der Waals surface area contributed by atoms with Gasteiger partial charge >= 0.3 is 0 Å². The molecular weight excluding hydrogens is 166 g/mol. The first kappa shape index (κ1) is 10.1. The molecule has 1 heterocycles. The third-order valence-electron chi connectivity index (χ3n) is 1.82. The van der Waals surface area contributed by atoms with E-state index in [1.807, 2.05) is 6.20 Å². The molecule has 0 bridgehead atoms. The molecule has 0 amide bonds. The molecule has 0 saturated carbocycles. The maximum atomic E-state index is 8.66. The van der Waals surface area contributed by atoms with Gasteiger partial charge in [0.05, 0.1) is 25.0 Å². The maximum absolute atomic E-state index is 8.66. The lowest BCUT2D eigenvalue weighted by Gasteiger charge is -2.00. The highest BCUT2D eigenvalue weighted by molar-refractivity contribution is 5.37. The Bertz CT molecular complexity index is 235. The van der Waals surface area contributed by atoms with Crippen LogP contribution >= 0.6 is 0 Å². The van der Waals surface area contributed by atoms with Crippen LogP contribution in [0.25, 0.3) is 0 Å². The summed E-state index contributed by atoms with van der Waals surface area (Å²) in [5, 5.41) is 16.0. The van der Waals surface area contributed by atoms with E-state index in [2.05, 4.69) is 17.3 Å². The third kappa shape index (κ3) is 3.46. The fraction of sp³-hybridized carbons (Fsp3) is 0.667. The van der Waals surface area contributed by atoms with Crippen LogP contribution < -0.4 is 5.32 Å². The van der Waals surface area contributed by atoms with Crippen molar-refractivity contribution in [2.45, 2.75) is 26.3 Å². The molecule has 0 radical (unpaired) electrons. The van der Waals surface area contributed by atoms with Crippen LogP contribution in [0.4, 0.5) is 5.69 Å². The summed E-state index contributed by atoms with van der Waals surface area (Å²) in [6.07, 6.45) is 6.06. The number of hydrogen-bond donors (Lipinski definition) is 2. The molecule has 0 aliphatic rings. The molecule has 0 aromatic carbocycles. The normalized spacial score (nSPS) is 10.3. The van der Waals surface area contributed by atoms with Crippen LogP contribution in [-0.2, 0) is 6.54 Å². The summed E-state index contributed by atoms with van der Waals surface area (Å²) < 4.78 is 1.73. The lowest BCUT2D eigenvalue weighted by molar-refractivity contribution is 0.269. The van der Waals surface area contributed by atoms with E-state index in [-0.39, 0.29) is 6.61 Å².